The maximum Gasteiger partial charge on any atom is 0.203 e. The lowest BCUT2D eigenvalue weighted by molar-refractivity contribution is 1.28. The summed E-state index contributed by atoms with van der Waals surface area (Å²) in [6.07, 6.45) is 1.74. The van der Waals surface area contributed by atoms with E-state index in [0.29, 0.717) is 5.02 Å². The molecule has 1 N–H and O–H groups in total. The Kier molecular flexibility index (Phi) is 6.07. The van der Waals surface area contributed by atoms with Crippen molar-refractivity contribution in [3.63, 3.8) is 0 Å². The van der Waals surface area contributed by atoms with Crippen LogP contribution in [-0.2, 0) is 0 Å². The Labute approximate surface area is 177 Å². The Morgan fingerprint density at radius 1 is 0.893 bits per heavy atom. The van der Waals surface area contributed by atoms with E-state index in [1.165, 1.54) is 21.1 Å². The number of nitrogens with one attached hydrogen (secondary N) is 1. The van der Waals surface area contributed by atoms with Crippen LogP contribution in [0.25, 0.3) is 11.3 Å². The molecule has 0 bridgehead atoms. The van der Waals surface area contributed by atoms with Crippen molar-refractivity contribution in [2.45, 2.75) is 9.79 Å². The molecule has 0 aliphatic heterocycles. The van der Waals surface area contributed by atoms with Crippen molar-refractivity contribution in [3.05, 3.63) is 94.8 Å². The summed E-state index contributed by atoms with van der Waals surface area (Å²) in [6.45, 7) is 0. The van der Waals surface area contributed by atoms with Crippen molar-refractivity contribution < 1.29 is 0 Å². The summed E-state index contributed by atoms with van der Waals surface area (Å²) in [5.41, 5.74) is 5.98. The standard InChI is InChI=1S/C22H16ClN3S2/c23-18-10-6-16(7-11-18)14-24-26-22-25-21(15-27-22)17-8-12-20(13-9-17)28-19-4-2-1-3-5-19/h1-15H,(H,25,26)/b24-14-. The number of rotatable bonds is 6. The molecule has 0 fully saturated rings. The van der Waals surface area contributed by atoms with Crippen LogP contribution in [0.2, 0.25) is 5.02 Å². The van der Waals surface area contributed by atoms with Gasteiger partial charge in [0.1, 0.15) is 0 Å². The van der Waals surface area contributed by atoms with Gasteiger partial charge in [-0.05, 0) is 42.0 Å². The van der Waals surface area contributed by atoms with Crippen molar-refractivity contribution in [1.82, 2.24) is 4.98 Å². The third-order valence-corrected chi connectivity index (χ3v) is 5.89. The van der Waals surface area contributed by atoms with E-state index >= 15 is 0 Å². The third kappa shape index (κ3) is 5.01. The number of aromatic nitrogens is 1. The maximum absolute atomic E-state index is 5.88. The first kappa shape index (κ1) is 18.7. The second-order valence-electron chi connectivity index (χ2n) is 5.90. The van der Waals surface area contributed by atoms with Crippen LogP contribution in [0.5, 0.6) is 0 Å². The van der Waals surface area contributed by atoms with Crippen LogP contribution in [0.3, 0.4) is 0 Å². The Morgan fingerprint density at radius 3 is 2.36 bits per heavy atom. The average Bonchev–Trinajstić information content (AvgIpc) is 3.20. The zero-order valence-electron chi connectivity index (χ0n) is 14.7. The van der Waals surface area contributed by atoms with Gasteiger partial charge in [0.25, 0.3) is 0 Å². The largest absolute Gasteiger partial charge is 0.253 e. The van der Waals surface area contributed by atoms with Crippen LogP contribution in [0.1, 0.15) is 5.56 Å². The molecule has 1 aromatic heterocycles. The Bertz CT molecular complexity index is 1060. The summed E-state index contributed by atoms with van der Waals surface area (Å²) in [6, 6.07) is 26.3. The minimum Gasteiger partial charge on any atom is -0.253 e. The summed E-state index contributed by atoms with van der Waals surface area (Å²) < 4.78 is 0. The fraction of sp³-hybridized carbons (Fsp3) is 0. The normalized spacial score (nSPS) is 11.0. The Hall–Kier alpha value is -2.60. The van der Waals surface area contributed by atoms with Gasteiger partial charge in [0.2, 0.25) is 5.13 Å². The Balaban J connectivity index is 1.39. The van der Waals surface area contributed by atoms with Crippen LogP contribution in [0.4, 0.5) is 5.13 Å². The first-order valence-electron chi connectivity index (χ1n) is 8.60. The lowest BCUT2D eigenvalue weighted by atomic mass is 10.2. The molecule has 0 aliphatic rings. The van der Waals surface area contributed by atoms with Crippen LogP contribution >= 0.6 is 34.7 Å². The zero-order chi connectivity index (χ0) is 19.2. The van der Waals surface area contributed by atoms with Crippen molar-refractivity contribution in [2.75, 3.05) is 5.43 Å². The summed E-state index contributed by atoms with van der Waals surface area (Å²) in [4.78, 5) is 7.04. The molecule has 138 valence electrons. The quantitative estimate of drug-likeness (QED) is 0.267. The molecule has 4 aromatic rings. The van der Waals surface area contributed by atoms with Gasteiger partial charge in [-0.3, -0.25) is 5.43 Å². The predicted octanol–water partition coefficient (Wildman–Crippen LogP) is 7.06. The van der Waals surface area contributed by atoms with E-state index in [2.05, 4.69) is 64.0 Å². The molecule has 3 nitrogen and oxygen atoms in total. The second kappa shape index (κ2) is 9.06. The van der Waals surface area contributed by atoms with E-state index in [0.717, 1.165) is 22.0 Å². The maximum atomic E-state index is 5.88. The molecule has 0 atom stereocenters. The van der Waals surface area contributed by atoms with Gasteiger partial charge in [-0.25, -0.2) is 4.98 Å². The van der Waals surface area contributed by atoms with E-state index in [1.54, 1.807) is 18.0 Å². The van der Waals surface area contributed by atoms with E-state index in [9.17, 15) is 0 Å². The molecule has 0 radical (unpaired) electrons. The molecule has 0 spiro atoms. The highest BCUT2D eigenvalue weighted by Crippen LogP contribution is 2.30. The van der Waals surface area contributed by atoms with Crippen molar-refractivity contribution in [3.8, 4) is 11.3 Å². The summed E-state index contributed by atoms with van der Waals surface area (Å²) in [5, 5.41) is 7.73. The molecule has 3 aromatic carbocycles. The number of hydrazone groups is 1. The third-order valence-electron chi connectivity index (χ3n) is 3.88. The van der Waals surface area contributed by atoms with Crippen molar-refractivity contribution >= 4 is 46.0 Å². The van der Waals surface area contributed by atoms with Gasteiger partial charge in [0.05, 0.1) is 11.9 Å². The number of nitrogens with zero attached hydrogens (tertiary/aromatic N) is 2. The van der Waals surface area contributed by atoms with Crippen molar-refractivity contribution in [2.24, 2.45) is 5.10 Å². The number of hydrogen-bond acceptors (Lipinski definition) is 5. The smallest absolute Gasteiger partial charge is 0.203 e. The van der Waals surface area contributed by atoms with Gasteiger partial charge in [-0.1, -0.05) is 65.8 Å². The first-order valence-corrected chi connectivity index (χ1v) is 10.7. The summed E-state index contributed by atoms with van der Waals surface area (Å²) in [5.74, 6) is 0. The molecule has 0 unspecified atom stereocenters. The minimum atomic E-state index is 0.711. The molecule has 4 rings (SSSR count). The highest BCUT2D eigenvalue weighted by molar-refractivity contribution is 7.99. The van der Waals surface area contributed by atoms with Gasteiger partial charge < -0.3 is 0 Å². The molecular weight excluding hydrogens is 406 g/mol. The van der Waals surface area contributed by atoms with Crippen LogP contribution in [-0.4, -0.2) is 11.2 Å². The fourth-order valence-electron chi connectivity index (χ4n) is 2.49. The zero-order valence-corrected chi connectivity index (χ0v) is 17.1. The van der Waals surface area contributed by atoms with E-state index in [4.69, 9.17) is 11.6 Å². The molecule has 0 saturated heterocycles. The summed E-state index contributed by atoms with van der Waals surface area (Å²) >= 11 is 9.16. The van der Waals surface area contributed by atoms with E-state index < -0.39 is 0 Å². The minimum absolute atomic E-state index is 0.711. The SMILES string of the molecule is Clc1ccc(/C=N\Nc2nc(-c3ccc(Sc4ccccc4)cc3)cs2)cc1. The highest BCUT2D eigenvalue weighted by atomic mass is 35.5. The monoisotopic (exact) mass is 421 g/mol. The van der Waals surface area contributed by atoms with Gasteiger partial charge in [-0.2, -0.15) is 5.10 Å². The second-order valence-corrected chi connectivity index (χ2v) is 8.34. The number of benzene rings is 3. The van der Waals surface area contributed by atoms with Crippen molar-refractivity contribution in [1.29, 1.82) is 0 Å². The van der Waals surface area contributed by atoms with Gasteiger partial charge in [0.15, 0.2) is 0 Å². The topological polar surface area (TPSA) is 37.3 Å². The van der Waals surface area contributed by atoms with Crippen LogP contribution in [0.15, 0.2) is 99.1 Å². The molecule has 6 heteroatoms. The van der Waals surface area contributed by atoms with E-state index in [-0.39, 0.29) is 0 Å². The molecule has 0 aliphatic carbocycles. The number of halogens is 1. The molecule has 28 heavy (non-hydrogen) atoms. The predicted molar refractivity (Wildman–Crippen MR) is 121 cm³/mol. The molecular formula is C22H16ClN3S2. The van der Waals surface area contributed by atoms with Gasteiger partial charge in [-0.15, -0.1) is 11.3 Å². The molecule has 0 saturated carbocycles. The summed E-state index contributed by atoms with van der Waals surface area (Å²) in [7, 11) is 0. The molecule has 0 amide bonds. The van der Waals surface area contributed by atoms with Gasteiger partial charge in [0, 0.05) is 25.8 Å². The van der Waals surface area contributed by atoms with Crippen LogP contribution < -0.4 is 5.43 Å². The lowest BCUT2D eigenvalue weighted by Crippen LogP contribution is -1.90. The first-order chi connectivity index (χ1) is 13.8. The van der Waals surface area contributed by atoms with Gasteiger partial charge >= 0.3 is 0 Å². The molecule has 1 heterocycles. The highest BCUT2D eigenvalue weighted by Gasteiger charge is 2.05. The Morgan fingerprint density at radius 2 is 1.61 bits per heavy atom. The van der Waals surface area contributed by atoms with E-state index in [1.807, 2.05) is 35.7 Å². The number of hydrogen-bond donors (Lipinski definition) is 1. The number of thiazole rings is 1. The van der Waals surface area contributed by atoms with Crippen LogP contribution in [0, 0.1) is 0 Å². The average molecular weight is 422 g/mol. The lowest BCUT2D eigenvalue weighted by Gasteiger charge is -2.02. The number of anilines is 1. The fourth-order valence-corrected chi connectivity index (χ4v) is 4.12.